The Kier molecular flexibility index (Phi) is 1.87. The molecule has 10 heavy (non-hydrogen) atoms. The Balaban J connectivity index is 2.71. The van der Waals surface area contributed by atoms with Crippen LogP contribution in [-0.4, -0.2) is 40.7 Å². The molecule has 0 aromatic carbocycles. The van der Waals surface area contributed by atoms with Gasteiger partial charge in [0.15, 0.2) is 5.11 Å². The minimum atomic E-state index is -0.530. The summed E-state index contributed by atoms with van der Waals surface area (Å²) in [6, 6.07) is -0.530. The maximum Gasteiger partial charge on any atom is 0.253 e. The van der Waals surface area contributed by atoms with E-state index in [1.807, 2.05) is 0 Å². The molecule has 0 bridgehead atoms. The summed E-state index contributed by atoms with van der Waals surface area (Å²) >= 11 is 4.74. The normalized spacial score (nSPS) is 25.4. The highest BCUT2D eigenvalue weighted by Crippen LogP contribution is 2.01. The number of likely N-dealkylation sites (N-methyl/N-ethyl adjacent to an activating group) is 1. The molecule has 2 N–H and O–H groups in total. The molecule has 1 amide bonds. The Morgan fingerprint density at radius 3 is 2.70 bits per heavy atom. The number of nitrogens with one attached hydrogen (secondary N) is 1. The number of aliphatic hydroxyl groups excluding tert-OH is 1. The Hall–Kier alpha value is -0.680. The van der Waals surface area contributed by atoms with E-state index in [1.54, 1.807) is 7.05 Å². The van der Waals surface area contributed by atoms with Crippen molar-refractivity contribution in [3.8, 4) is 0 Å². The van der Waals surface area contributed by atoms with E-state index in [9.17, 15) is 4.79 Å². The molecule has 1 heterocycles. The zero-order chi connectivity index (χ0) is 7.72. The standard InChI is InChI=1S/C5H8N2O2S/c1-7-4(9)3(2-8)6-5(7)10/h3,8H,2H2,1H3,(H,6,10)/t3-/m0/s1. The summed E-state index contributed by atoms with van der Waals surface area (Å²) in [4.78, 5) is 12.3. The van der Waals surface area contributed by atoms with Gasteiger partial charge in [0.1, 0.15) is 6.04 Å². The van der Waals surface area contributed by atoms with E-state index in [-0.39, 0.29) is 12.5 Å². The van der Waals surface area contributed by atoms with Crippen molar-refractivity contribution in [3.63, 3.8) is 0 Å². The molecule has 0 unspecified atom stereocenters. The minimum absolute atomic E-state index is 0.174. The van der Waals surface area contributed by atoms with E-state index in [4.69, 9.17) is 17.3 Å². The fraction of sp³-hybridized carbons (Fsp3) is 0.600. The van der Waals surface area contributed by atoms with Crippen molar-refractivity contribution in [2.24, 2.45) is 0 Å². The fourth-order valence-electron chi connectivity index (χ4n) is 0.765. The third-order valence-electron chi connectivity index (χ3n) is 1.41. The van der Waals surface area contributed by atoms with Crippen LogP contribution in [-0.2, 0) is 4.79 Å². The lowest BCUT2D eigenvalue weighted by molar-refractivity contribution is -0.126. The number of hydrogen-bond acceptors (Lipinski definition) is 3. The van der Waals surface area contributed by atoms with Gasteiger partial charge in [0.2, 0.25) is 0 Å². The molecule has 56 valence electrons. The highest BCUT2D eigenvalue weighted by atomic mass is 32.1. The van der Waals surface area contributed by atoms with Crippen molar-refractivity contribution >= 4 is 23.2 Å². The average molecular weight is 160 g/mol. The maximum absolute atomic E-state index is 11.0. The second-order valence-electron chi connectivity index (χ2n) is 2.08. The highest BCUT2D eigenvalue weighted by molar-refractivity contribution is 7.80. The van der Waals surface area contributed by atoms with Crippen molar-refractivity contribution < 1.29 is 9.90 Å². The van der Waals surface area contributed by atoms with Gasteiger partial charge in [-0.1, -0.05) is 0 Å². The molecule has 1 rings (SSSR count). The summed E-state index contributed by atoms with van der Waals surface area (Å²) in [6.07, 6.45) is 0. The number of carbonyl (C=O) groups excluding carboxylic acids is 1. The minimum Gasteiger partial charge on any atom is -0.394 e. The number of aliphatic hydroxyl groups is 1. The smallest absolute Gasteiger partial charge is 0.253 e. The lowest BCUT2D eigenvalue weighted by atomic mass is 10.3. The van der Waals surface area contributed by atoms with Crippen LogP contribution in [0.25, 0.3) is 0 Å². The zero-order valence-corrected chi connectivity index (χ0v) is 6.31. The van der Waals surface area contributed by atoms with Crippen molar-refractivity contribution in [2.45, 2.75) is 6.04 Å². The first kappa shape index (κ1) is 7.43. The van der Waals surface area contributed by atoms with Crippen LogP contribution in [0.4, 0.5) is 0 Å². The number of hydrogen-bond donors (Lipinski definition) is 2. The molecule has 1 fully saturated rings. The molecule has 0 radical (unpaired) electrons. The third-order valence-corrected chi connectivity index (χ3v) is 1.81. The van der Waals surface area contributed by atoms with E-state index < -0.39 is 6.04 Å². The second kappa shape index (κ2) is 2.51. The van der Waals surface area contributed by atoms with Crippen molar-refractivity contribution in [1.29, 1.82) is 0 Å². The Morgan fingerprint density at radius 2 is 2.50 bits per heavy atom. The van der Waals surface area contributed by atoms with E-state index in [2.05, 4.69) is 5.32 Å². The van der Waals surface area contributed by atoms with Crippen molar-refractivity contribution in [1.82, 2.24) is 10.2 Å². The number of thiocarbonyl (C=S) groups is 1. The summed E-state index contributed by atoms with van der Waals surface area (Å²) in [6.45, 7) is -0.205. The van der Waals surface area contributed by atoms with Gasteiger partial charge >= 0.3 is 0 Å². The van der Waals surface area contributed by atoms with Gasteiger partial charge in [0.25, 0.3) is 5.91 Å². The number of rotatable bonds is 1. The summed E-state index contributed by atoms with van der Waals surface area (Å²) in [7, 11) is 1.58. The molecule has 1 saturated heterocycles. The van der Waals surface area contributed by atoms with Crippen LogP contribution in [0.15, 0.2) is 0 Å². The molecule has 0 aromatic rings. The Labute approximate surface area is 63.8 Å². The van der Waals surface area contributed by atoms with E-state index >= 15 is 0 Å². The Morgan fingerprint density at radius 1 is 1.90 bits per heavy atom. The molecule has 0 aliphatic carbocycles. The van der Waals surface area contributed by atoms with Gasteiger partial charge in [-0.15, -0.1) is 0 Å². The first-order valence-electron chi connectivity index (χ1n) is 2.85. The van der Waals surface area contributed by atoms with Crippen LogP contribution in [0.3, 0.4) is 0 Å². The quantitative estimate of drug-likeness (QED) is 0.468. The molecule has 0 aromatic heterocycles. The molecule has 0 saturated carbocycles. The molecule has 5 heteroatoms. The van der Waals surface area contributed by atoms with Crippen molar-refractivity contribution in [3.05, 3.63) is 0 Å². The average Bonchev–Trinajstić information content (AvgIpc) is 2.17. The van der Waals surface area contributed by atoms with Gasteiger partial charge in [-0.25, -0.2) is 0 Å². The third kappa shape index (κ3) is 0.975. The Bertz CT molecular complexity index is 182. The van der Waals surface area contributed by atoms with E-state index in [0.29, 0.717) is 5.11 Å². The van der Waals surface area contributed by atoms with Crippen LogP contribution in [0.1, 0.15) is 0 Å². The van der Waals surface area contributed by atoms with Crippen LogP contribution in [0.2, 0.25) is 0 Å². The number of carbonyl (C=O) groups is 1. The van der Waals surface area contributed by atoms with Crippen LogP contribution < -0.4 is 5.32 Å². The predicted molar refractivity (Wildman–Crippen MR) is 39.4 cm³/mol. The summed E-state index contributed by atoms with van der Waals surface area (Å²) in [5, 5.41) is 11.6. The van der Waals surface area contributed by atoms with Crippen LogP contribution in [0.5, 0.6) is 0 Å². The first-order valence-corrected chi connectivity index (χ1v) is 3.26. The van der Waals surface area contributed by atoms with Gasteiger partial charge < -0.3 is 10.4 Å². The molecular formula is C5H8N2O2S. The molecule has 1 atom stereocenters. The molecular weight excluding hydrogens is 152 g/mol. The molecule has 4 nitrogen and oxygen atoms in total. The van der Waals surface area contributed by atoms with E-state index in [0.717, 1.165) is 0 Å². The lowest BCUT2D eigenvalue weighted by Crippen LogP contribution is -2.32. The second-order valence-corrected chi connectivity index (χ2v) is 2.47. The zero-order valence-electron chi connectivity index (χ0n) is 5.50. The monoisotopic (exact) mass is 160 g/mol. The van der Waals surface area contributed by atoms with Gasteiger partial charge in [0.05, 0.1) is 6.61 Å². The molecule has 1 aliphatic rings. The SMILES string of the molecule is CN1C(=O)[C@H](CO)NC1=S. The fourth-order valence-corrected chi connectivity index (χ4v) is 0.997. The van der Waals surface area contributed by atoms with Crippen molar-refractivity contribution in [2.75, 3.05) is 13.7 Å². The van der Waals surface area contributed by atoms with Gasteiger partial charge in [-0.2, -0.15) is 0 Å². The summed E-state index contributed by atoms with van der Waals surface area (Å²) in [5.74, 6) is -0.174. The van der Waals surface area contributed by atoms with Crippen LogP contribution >= 0.6 is 12.2 Å². The number of nitrogens with zero attached hydrogens (tertiary/aromatic N) is 1. The van der Waals surface area contributed by atoms with E-state index in [1.165, 1.54) is 4.90 Å². The number of amides is 1. The first-order chi connectivity index (χ1) is 4.66. The molecule has 0 spiro atoms. The lowest BCUT2D eigenvalue weighted by Gasteiger charge is -2.03. The predicted octanol–water partition coefficient (Wildman–Crippen LogP) is -1.31. The topological polar surface area (TPSA) is 52.6 Å². The highest BCUT2D eigenvalue weighted by Gasteiger charge is 2.31. The largest absolute Gasteiger partial charge is 0.394 e. The maximum atomic E-state index is 11.0. The molecule has 1 aliphatic heterocycles. The van der Waals surface area contributed by atoms with Gasteiger partial charge in [-0.05, 0) is 12.2 Å². The van der Waals surface area contributed by atoms with Gasteiger partial charge in [-0.3, -0.25) is 9.69 Å². The summed E-state index contributed by atoms with van der Waals surface area (Å²) in [5.41, 5.74) is 0. The van der Waals surface area contributed by atoms with Gasteiger partial charge in [0, 0.05) is 7.05 Å². The van der Waals surface area contributed by atoms with Crippen LogP contribution in [0, 0.1) is 0 Å². The summed E-state index contributed by atoms with van der Waals surface area (Å²) < 4.78 is 0.